The molecule has 0 aliphatic heterocycles. The van der Waals surface area contributed by atoms with Gasteiger partial charge in [-0.15, -0.1) is 0 Å². The minimum atomic E-state index is -0.172. The Morgan fingerprint density at radius 2 is 2.19 bits per heavy atom. The number of hydrogen-bond acceptors (Lipinski definition) is 3. The normalized spacial score (nSPS) is 12.8. The van der Waals surface area contributed by atoms with E-state index in [2.05, 4.69) is 11.9 Å². The van der Waals surface area contributed by atoms with Gasteiger partial charge in [-0.25, -0.2) is 0 Å². The fourth-order valence-electron chi connectivity index (χ4n) is 1.25. The molecule has 16 heavy (non-hydrogen) atoms. The minimum Gasteiger partial charge on any atom is -0.501 e. The Kier molecular flexibility index (Phi) is 7.09. The van der Waals surface area contributed by atoms with Crippen LogP contribution in [-0.2, 0) is 9.53 Å². The molecule has 4 heteroatoms. The summed E-state index contributed by atoms with van der Waals surface area (Å²) in [5, 5.41) is 2.83. The van der Waals surface area contributed by atoms with Crippen molar-refractivity contribution in [2.75, 3.05) is 6.61 Å². The smallest absolute Gasteiger partial charge is 0.223 e. The van der Waals surface area contributed by atoms with Gasteiger partial charge in [0.15, 0.2) is 0 Å². The predicted octanol–water partition coefficient (Wildman–Crippen LogP) is 1.54. The fraction of sp³-hybridized carbons (Fsp3) is 0.583. The van der Waals surface area contributed by atoms with Gasteiger partial charge in [0.25, 0.3) is 0 Å². The van der Waals surface area contributed by atoms with Gasteiger partial charge in [0.05, 0.1) is 25.3 Å². The van der Waals surface area contributed by atoms with Gasteiger partial charge in [-0.05, 0) is 12.8 Å². The molecule has 0 aliphatic rings. The van der Waals surface area contributed by atoms with Gasteiger partial charge in [-0.2, -0.15) is 0 Å². The molecule has 0 radical (unpaired) electrons. The van der Waals surface area contributed by atoms with E-state index >= 15 is 0 Å². The maximum atomic E-state index is 11.5. The van der Waals surface area contributed by atoms with Crippen LogP contribution in [0.25, 0.3) is 0 Å². The molecule has 0 heterocycles. The van der Waals surface area contributed by atoms with E-state index < -0.39 is 0 Å². The third-order valence-corrected chi connectivity index (χ3v) is 2.06. The maximum Gasteiger partial charge on any atom is 0.223 e. The average Bonchev–Trinajstić information content (AvgIpc) is 2.20. The van der Waals surface area contributed by atoms with Crippen molar-refractivity contribution >= 4 is 5.91 Å². The average molecular weight is 226 g/mol. The van der Waals surface area contributed by atoms with Crippen LogP contribution in [0.2, 0.25) is 0 Å². The Bertz CT molecular complexity index is 260. The first kappa shape index (κ1) is 14.6. The van der Waals surface area contributed by atoms with E-state index in [1.54, 1.807) is 12.3 Å². The van der Waals surface area contributed by atoms with Crippen LogP contribution in [0.1, 0.15) is 27.2 Å². The molecule has 0 spiro atoms. The molecule has 0 saturated heterocycles. The zero-order valence-electron chi connectivity index (χ0n) is 10.3. The summed E-state index contributed by atoms with van der Waals surface area (Å²) in [6, 6.07) is -0.172. The molecule has 92 valence electrons. The second kappa shape index (κ2) is 7.79. The minimum absolute atomic E-state index is 0.0743. The van der Waals surface area contributed by atoms with E-state index in [4.69, 9.17) is 10.5 Å². The van der Waals surface area contributed by atoms with Crippen molar-refractivity contribution < 1.29 is 9.53 Å². The van der Waals surface area contributed by atoms with E-state index in [9.17, 15) is 4.79 Å². The number of nitrogens with two attached hydrogens (primary N) is 1. The Morgan fingerprint density at radius 3 is 2.62 bits per heavy atom. The Hall–Kier alpha value is -1.45. The number of carbonyl (C=O) groups is 1. The first-order valence-electron chi connectivity index (χ1n) is 5.45. The highest BCUT2D eigenvalue weighted by Gasteiger charge is 2.16. The highest BCUT2D eigenvalue weighted by atomic mass is 16.5. The van der Waals surface area contributed by atoms with Gasteiger partial charge in [0.2, 0.25) is 5.91 Å². The first-order valence-corrected chi connectivity index (χ1v) is 5.45. The Balaban J connectivity index is 3.96. The molecule has 1 amide bonds. The molecule has 0 aromatic carbocycles. The van der Waals surface area contributed by atoms with Crippen LogP contribution in [-0.4, -0.2) is 18.6 Å². The molecule has 1 atom stereocenters. The number of nitrogens with one attached hydrogen (secondary N) is 1. The summed E-state index contributed by atoms with van der Waals surface area (Å²) in [4.78, 5) is 11.5. The molecular formula is C12H22N2O2. The summed E-state index contributed by atoms with van der Waals surface area (Å²) < 4.78 is 5.06. The molecule has 0 fully saturated rings. The highest BCUT2D eigenvalue weighted by Crippen LogP contribution is 2.06. The summed E-state index contributed by atoms with van der Waals surface area (Å²) in [5.74, 6) is 0.160. The highest BCUT2D eigenvalue weighted by molar-refractivity contribution is 5.76. The summed E-state index contributed by atoms with van der Waals surface area (Å²) in [6.45, 7) is 9.86. The third kappa shape index (κ3) is 6.11. The molecule has 3 N–H and O–H groups in total. The monoisotopic (exact) mass is 226 g/mol. The SMILES string of the molecule is C=C(N)[C@@H](NC(=O)CCO/C=C\C)C(C)C. The van der Waals surface area contributed by atoms with E-state index in [0.717, 1.165) is 0 Å². The van der Waals surface area contributed by atoms with Crippen LogP contribution in [0.3, 0.4) is 0 Å². The summed E-state index contributed by atoms with van der Waals surface area (Å²) in [5.41, 5.74) is 6.09. The van der Waals surface area contributed by atoms with E-state index in [0.29, 0.717) is 18.7 Å². The fourth-order valence-corrected chi connectivity index (χ4v) is 1.25. The predicted molar refractivity (Wildman–Crippen MR) is 65.5 cm³/mol. The number of ether oxygens (including phenoxy) is 1. The lowest BCUT2D eigenvalue weighted by Crippen LogP contribution is -2.42. The molecule has 0 aliphatic carbocycles. The van der Waals surface area contributed by atoms with Crippen molar-refractivity contribution in [2.45, 2.75) is 33.2 Å². The molecule has 0 aromatic heterocycles. The van der Waals surface area contributed by atoms with Crippen LogP contribution < -0.4 is 11.1 Å². The molecule has 4 nitrogen and oxygen atoms in total. The summed E-state index contributed by atoms with van der Waals surface area (Å²) >= 11 is 0. The molecule has 0 bridgehead atoms. The third-order valence-electron chi connectivity index (χ3n) is 2.06. The first-order chi connectivity index (χ1) is 7.49. The van der Waals surface area contributed by atoms with Crippen LogP contribution in [0, 0.1) is 5.92 Å². The van der Waals surface area contributed by atoms with Gasteiger partial charge >= 0.3 is 0 Å². The number of carbonyl (C=O) groups excluding carboxylic acids is 1. The van der Waals surface area contributed by atoms with Gasteiger partial charge < -0.3 is 15.8 Å². The standard InChI is InChI=1S/C12H22N2O2/c1-5-7-16-8-6-11(15)14-12(9(2)3)10(4)13/h5,7,9,12H,4,6,8,13H2,1-3H3,(H,14,15)/b7-5-/t12-/m0/s1. The van der Waals surface area contributed by atoms with Gasteiger partial charge in [-0.3, -0.25) is 4.79 Å². The van der Waals surface area contributed by atoms with Crippen LogP contribution >= 0.6 is 0 Å². The van der Waals surface area contributed by atoms with E-state index in [1.165, 1.54) is 0 Å². The number of allylic oxidation sites excluding steroid dienone is 1. The molecule has 0 rings (SSSR count). The second-order valence-corrected chi connectivity index (χ2v) is 3.95. The van der Waals surface area contributed by atoms with Crippen molar-refractivity contribution in [2.24, 2.45) is 11.7 Å². The quantitative estimate of drug-likeness (QED) is 0.511. The topological polar surface area (TPSA) is 64.3 Å². The molecular weight excluding hydrogens is 204 g/mol. The summed E-state index contributed by atoms with van der Waals surface area (Å²) in [6.07, 6.45) is 3.66. The number of amides is 1. The van der Waals surface area contributed by atoms with Crippen molar-refractivity contribution in [3.8, 4) is 0 Å². The zero-order valence-corrected chi connectivity index (χ0v) is 10.3. The number of rotatable bonds is 7. The van der Waals surface area contributed by atoms with Crippen molar-refractivity contribution in [1.82, 2.24) is 5.32 Å². The lowest BCUT2D eigenvalue weighted by atomic mass is 10.0. The van der Waals surface area contributed by atoms with Crippen LogP contribution in [0.5, 0.6) is 0 Å². The molecule has 0 saturated carbocycles. The maximum absolute atomic E-state index is 11.5. The van der Waals surface area contributed by atoms with E-state index in [1.807, 2.05) is 20.8 Å². The van der Waals surface area contributed by atoms with Crippen molar-refractivity contribution in [1.29, 1.82) is 0 Å². The number of hydrogen-bond donors (Lipinski definition) is 2. The molecule has 0 aromatic rings. The van der Waals surface area contributed by atoms with Gasteiger partial charge in [0.1, 0.15) is 0 Å². The lowest BCUT2D eigenvalue weighted by Gasteiger charge is -2.22. The van der Waals surface area contributed by atoms with Gasteiger partial charge in [0, 0.05) is 5.70 Å². The van der Waals surface area contributed by atoms with E-state index in [-0.39, 0.29) is 17.9 Å². The van der Waals surface area contributed by atoms with Crippen molar-refractivity contribution in [3.05, 3.63) is 24.6 Å². The van der Waals surface area contributed by atoms with Crippen molar-refractivity contribution in [3.63, 3.8) is 0 Å². The zero-order chi connectivity index (χ0) is 12.6. The second-order valence-electron chi connectivity index (χ2n) is 3.95. The largest absolute Gasteiger partial charge is 0.501 e. The van der Waals surface area contributed by atoms with Gasteiger partial charge in [-0.1, -0.05) is 26.5 Å². The van der Waals surface area contributed by atoms with Crippen LogP contribution in [0.15, 0.2) is 24.6 Å². The summed E-state index contributed by atoms with van der Waals surface area (Å²) in [7, 11) is 0. The Morgan fingerprint density at radius 1 is 1.56 bits per heavy atom. The molecule has 0 unspecified atom stereocenters. The Labute approximate surface area is 97.5 Å². The van der Waals surface area contributed by atoms with Crippen LogP contribution in [0.4, 0.5) is 0 Å². The lowest BCUT2D eigenvalue weighted by molar-refractivity contribution is -0.122.